The van der Waals surface area contributed by atoms with Crippen LogP contribution in [0.2, 0.25) is 0 Å². The van der Waals surface area contributed by atoms with E-state index in [-0.39, 0.29) is 12.6 Å². The fourth-order valence-corrected chi connectivity index (χ4v) is 0.739. The van der Waals surface area contributed by atoms with Gasteiger partial charge in [-0.25, -0.2) is 9.97 Å². The summed E-state index contributed by atoms with van der Waals surface area (Å²) in [6, 6.07) is -0.0657. The van der Waals surface area contributed by atoms with Crippen molar-refractivity contribution in [3.63, 3.8) is 0 Å². The summed E-state index contributed by atoms with van der Waals surface area (Å²) in [5, 5.41) is 11.6. The topological polar surface area (TPSA) is 84.1 Å². The van der Waals surface area contributed by atoms with Crippen LogP contribution in [0.25, 0.3) is 0 Å². The molecular formula is C7H12N4O. The van der Waals surface area contributed by atoms with E-state index in [1.165, 1.54) is 6.20 Å². The van der Waals surface area contributed by atoms with Crippen LogP contribution in [0, 0.1) is 0 Å². The van der Waals surface area contributed by atoms with E-state index in [2.05, 4.69) is 15.3 Å². The van der Waals surface area contributed by atoms with Gasteiger partial charge in [0, 0.05) is 18.4 Å². The number of rotatable bonds is 3. The van der Waals surface area contributed by atoms with Crippen LogP contribution < -0.4 is 11.1 Å². The molecule has 5 nitrogen and oxygen atoms in total. The lowest BCUT2D eigenvalue weighted by molar-refractivity contribution is 0.281. The summed E-state index contributed by atoms with van der Waals surface area (Å²) >= 11 is 0. The molecule has 0 radical (unpaired) electrons. The molecule has 1 aromatic heterocycles. The zero-order valence-electron chi connectivity index (χ0n) is 6.86. The van der Waals surface area contributed by atoms with E-state index in [0.29, 0.717) is 11.6 Å². The van der Waals surface area contributed by atoms with Gasteiger partial charge in [0.1, 0.15) is 0 Å². The summed E-state index contributed by atoms with van der Waals surface area (Å²) < 4.78 is 0. The molecule has 0 amide bonds. The van der Waals surface area contributed by atoms with Crippen molar-refractivity contribution in [3.05, 3.63) is 12.4 Å². The minimum Gasteiger partial charge on any atom is -0.394 e. The largest absolute Gasteiger partial charge is 0.394 e. The number of aliphatic hydroxyl groups excluding tert-OH is 1. The Morgan fingerprint density at radius 1 is 1.58 bits per heavy atom. The van der Waals surface area contributed by atoms with Crippen molar-refractivity contribution in [2.75, 3.05) is 17.7 Å². The maximum Gasteiger partial charge on any atom is 0.169 e. The summed E-state index contributed by atoms with van der Waals surface area (Å²) in [4.78, 5) is 7.79. The number of nitrogen functional groups attached to an aromatic ring is 1. The molecule has 0 aliphatic carbocycles. The molecule has 0 spiro atoms. The van der Waals surface area contributed by atoms with Gasteiger partial charge in [-0.1, -0.05) is 0 Å². The van der Waals surface area contributed by atoms with Crippen molar-refractivity contribution < 1.29 is 5.11 Å². The van der Waals surface area contributed by atoms with E-state index in [9.17, 15) is 0 Å². The Kier molecular flexibility index (Phi) is 2.82. The smallest absolute Gasteiger partial charge is 0.169 e. The van der Waals surface area contributed by atoms with Crippen LogP contribution in [0.3, 0.4) is 0 Å². The molecule has 1 aromatic rings. The Hall–Kier alpha value is -1.36. The molecule has 1 atom stereocenters. The maximum atomic E-state index is 8.74. The lowest BCUT2D eigenvalue weighted by atomic mass is 10.3. The van der Waals surface area contributed by atoms with E-state index < -0.39 is 0 Å². The first kappa shape index (κ1) is 8.73. The van der Waals surface area contributed by atoms with Crippen molar-refractivity contribution >= 4 is 11.6 Å². The summed E-state index contributed by atoms with van der Waals surface area (Å²) in [5.41, 5.74) is 5.51. The molecule has 5 heteroatoms. The Morgan fingerprint density at radius 3 is 2.83 bits per heavy atom. The van der Waals surface area contributed by atoms with E-state index in [1.54, 1.807) is 6.20 Å². The lowest BCUT2D eigenvalue weighted by Gasteiger charge is -2.11. The van der Waals surface area contributed by atoms with Gasteiger partial charge in [-0.2, -0.15) is 0 Å². The molecular weight excluding hydrogens is 156 g/mol. The first-order chi connectivity index (χ1) is 5.74. The first-order valence-electron chi connectivity index (χ1n) is 3.68. The van der Waals surface area contributed by atoms with Gasteiger partial charge in [-0.3, -0.25) is 0 Å². The minimum absolute atomic E-state index is 0.0377. The van der Waals surface area contributed by atoms with Gasteiger partial charge in [0.15, 0.2) is 11.6 Å². The van der Waals surface area contributed by atoms with Crippen LogP contribution in [-0.4, -0.2) is 27.7 Å². The molecule has 0 bridgehead atoms. The Morgan fingerprint density at radius 2 is 2.25 bits per heavy atom. The molecule has 0 aromatic carbocycles. The number of aromatic nitrogens is 2. The average molecular weight is 168 g/mol. The predicted octanol–water partition coefficient (Wildman–Crippen LogP) is -0.149. The van der Waals surface area contributed by atoms with Crippen molar-refractivity contribution in [1.29, 1.82) is 0 Å². The monoisotopic (exact) mass is 168 g/mol. The van der Waals surface area contributed by atoms with Crippen LogP contribution in [-0.2, 0) is 0 Å². The molecule has 1 heterocycles. The summed E-state index contributed by atoms with van der Waals surface area (Å²) in [7, 11) is 0. The fraction of sp³-hybridized carbons (Fsp3) is 0.429. The van der Waals surface area contributed by atoms with E-state index in [4.69, 9.17) is 10.8 Å². The van der Waals surface area contributed by atoms with Gasteiger partial charge < -0.3 is 16.2 Å². The molecule has 0 saturated heterocycles. The summed E-state index contributed by atoms with van der Waals surface area (Å²) in [6.07, 6.45) is 3.06. The standard InChI is InChI=1S/C7H12N4O/c1-5(4-12)11-7-6(8)9-2-3-10-7/h2-3,5,12H,4H2,1H3,(H2,8,9)(H,10,11). The second-order valence-corrected chi connectivity index (χ2v) is 2.52. The van der Waals surface area contributed by atoms with Crippen molar-refractivity contribution in [3.8, 4) is 0 Å². The number of aliphatic hydroxyl groups is 1. The van der Waals surface area contributed by atoms with Crippen molar-refractivity contribution in [2.24, 2.45) is 0 Å². The van der Waals surface area contributed by atoms with Crippen LogP contribution in [0.1, 0.15) is 6.92 Å². The molecule has 0 saturated carbocycles. The normalized spacial score (nSPS) is 12.5. The molecule has 0 fully saturated rings. The number of nitrogens with one attached hydrogen (secondary N) is 1. The SMILES string of the molecule is CC(CO)Nc1nccnc1N. The van der Waals surface area contributed by atoms with Gasteiger partial charge in [-0.05, 0) is 6.92 Å². The minimum atomic E-state index is -0.0657. The predicted molar refractivity (Wildman–Crippen MR) is 46.6 cm³/mol. The highest BCUT2D eigenvalue weighted by Crippen LogP contribution is 2.10. The highest BCUT2D eigenvalue weighted by Gasteiger charge is 2.03. The zero-order chi connectivity index (χ0) is 8.97. The van der Waals surface area contributed by atoms with E-state index in [0.717, 1.165) is 0 Å². The molecule has 1 rings (SSSR count). The van der Waals surface area contributed by atoms with Crippen molar-refractivity contribution in [1.82, 2.24) is 9.97 Å². The second-order valence-electron chi connectivity index (χ2n) is 2.52. The molecule has 0 aliphatic rings. The fourth-order valence-electron chi connectivity index (χ4n) is 0.739. The molecule has 4 N–H and O–H groups in total. The first-order valence-corrected chi connectivity index (χ1v) is 3.68. The quantitative estimate of drug-likeness (QED) is 0.584. The highest BCUT2D eigenvalue weighted by atomic mass is 16.3. The Balaban J connectivity index is 2.69. The van der Waals surface area contributed by atoms with Gasteiger partial charge in [0.05, 0.1) is 6.61 Å². The molecule has 0 aliphatic heterocycles. The van der Waals surface area contributed by atoms with E-state index >= 15 is 0 Å². The Bertz CT molecular complexity index is 253. The third-order valence-electron chi connectivity index (χ3n) is 1.38. The number of hydrogen-bond donors (Lipinski definition) is 3. The van der Waals surface area contributed by atoms with Gasteiger partial charge in [-0.15, -0.1) is 0 Å². The summed E-state index contributed by atoms with van der Waals surface area (Å²) in [6.45, 7) is 1.87. The van der Waals surface area contributed by atoms with Crippen LogP contribution in [0.15, 0.2) is 12.4 Å². The number of anilines is 2. The molecule has 12 heavy (non-hydrogen) atoms. The number of hydrogen-bond acceptors (Lipinski definition) is 5. The van der Waals surface area contributed by atoms with Gasteiger partial charge in [0.25, 0.3) is 0 Å². The highest BCUT2D eigenvalue weighted by molar-refractivity contribution is 5.55. The summed E-state index contributed by atoms with van der Waals surface area (Å²) in [5.74, 6) is 0.858. The second kappa shape index (κ2) is 3.87. The third kappa shape index (κ3) is 2.06. The van der Waals surface area contributed by atoms with Crippen LogP contribution in [0.4, 0.5) is 11.6 Å². The van der Waals surface area contributed by atoms with Crippen LogP contribution in [0.5, 0.6) is 0 Å². The van der Waals surface area contributed by atoms with Gasteiger partial charge >= 0.3 is 0 Å². The number of nitrogens with zero attached hydrogens (tertiary/aromatic N) is 2. The molecule has 66 valence electrons. The van der Waals surface area contributed by atoms with E-state index in [1.807, 2.05) is 6.92 Å². The third-order valence-corrected chi connectivity index (χ3v) is 1.38. The lowest BCUT2D eigenvalue weighted by Crippen LogP contribution is -2.21. The number of nitrogens with two attached hydrogens (primary N) is 1. The maximum absolute atomic E-state index is 8.74. The zero-order valence-corrected chi connectivity index (χ0v) is 6.86. The van der Waals surface area contributed by atoms with Gasteiger partial charge in [0.2, 0.25) is 0 Å². The molecule has 1 unspecified atom stereocenters. The average Bonchev–Trinajstić information content (AvgIpc) is 2.09. The Labute approximate surface area is 70.6 Å². The van der Waals surface area contributed by atoms with Crippen LogP contribution >= 0.6 is 0 Å². The van der Waals surface area contributed by atoms with Crippen molar-refractivity contribution in [2.45, 2.75) is 13.0 Å².